The first-order chi connectivity index (χ1) is 8.72. The molecule has 0 bridgehead atoms. The maximum atomic E-state index is 11.9. The highest BCUT2D eigenvalue weighted by Crippen LogP contribution is 2.25. The maximum absolute atomic E-state index is 11.9. The largest absolute Gasteiger partial charge is 0.356 e. The monoisotopic (exact) mass is 326 g/mol. The highest BCUT2D eigenvalue weighted by atomic mass is 79.9. The van der Waals surface area contributed by atoms with E-state index >= 15 is 0 Å². The summed E-state index contributed by atoms with van der Waals surface area (Å²) in [6, 6.07) is 1.74. The summed E-state index contributed by atoms with van der Waals surface area (Å²) in [6.45, 7) is 1.80. The summed E-state index contributed by atoms with van der Waals surface area (Å²) in [5.41, 5.74) is 1.62. The van der Waals surface area contributed by atoms with E-state index in [4.69, 9.17) is 0 Å². The van der Waals surface area contributed by atoms with E-state index in [9.17, 15) is 4.79 Å². The van der Waals surface area contributed by atoms with E-state index in [0.717, 1.165) is 29.7 Å². The van der Waals surface area contributed by atoms with Crippen LogP contribution in [0.1, 0.15) is 21.1 Å². The molecule has 0 aromatic carbocycles. The van der Waals surface area contributed by atoms with Gasteiger partial charge in [-0.1, -0.05) is 0 Å². The maximum Gasteiger partial charge on any atom is 0.273 e. The number of halogens is 1. The SMILES string of the molecule is O=C(Nc1nc2c(s1)CNCC2)c1cc(Br)c[nH]1. The molecule has 0 aliphatic carbocycles. The van der Waals surface area contributed by atoms with E-state index in [2.05, 4.69) is 36.5 Å². The number of nitrogens with one attached hydrogen (secondary N) is 3. The number of aromatic amines is 1. The molecular formula is C11H11BrN4OS. The Morgan fingerprint density at radius 3 is 3.17 bits per heavy atom. The van der Waals surface area contributed by atoms with Crippen LogP contribution in [-0.2, 0) is 13.0 Å². The number of hydrogen-bond acceptors (Lipinski definition) is 4. The smallest absolute Gasteiger partial charge is 0.273 e. The lowest BCUT2D eigenvalue weighted by Gasteiger charge is -2.09. The fourth-order valence-corrected chi connectivity index (χ4v) is 3.16. The van der Waals surface area contributed by atoms with Crippen molar-refractivity contribution in [3.8, 4) is 0 Å². The molecule has 3 rings (SSSR count). The highest BCUT2D eigenvalue weighted by molar-refractivity contribution is 9.10. The molecule has 0 unspecified atom stereocenters. The molecule has 94 valence electrons. The average molecular weight is 327 g/mol. The summed E-state index contributed by atoms with van der Waals surface area (Å²) in [5.74, 6) is -0.167. The van der Waals surface area contributed by atoms with Crippen LogP contribution in [0.25, 0.3) is 0 Å². The van der Waals surface area contributed by atoms with E-state index in [1.165, 1.54) is 16.2 Å². The lowest BCUT2D eigenvalue weighted by Crippen LogP contribution is -2.22. The summed E-state index contributed by atoms with van der Waals surface area (Å²) in [4.78, 5) is 20.5. The first-order valence-corrected chi connectivity index (χ1v) is 7.18. The minimum atomic E-state index is -0.167. The lowest BCUT2D eigenvalue weighted by molar-refractivity contribution is 0.102. The molecule has 0 atom stereocenters. The molecule has 2 aromatic rings. The highest BCUT2D eigenvalue weighted by Gasteiger charge is 2.16. The number of carbonyl (C=O) groups is 1. The summed E-state index contributed by atoms with van der Waals surface area (Å²) in [7, 11) is 0. The van der Waals surface area contributed by atoms with Gasteiger partial charge < -0.3 is 10.3 Å². The van der Waals surface area contributed by atoms with Gasteiger partial charge in [0.05, 0.1) is 5.69 Å². The van der Waals surface area contributed by atoms with Crippen LogP contribution in [0.5, 0.6) is 0 Å². The third-order valence-electron chi connectivity index (χ3n) is 2.72. The molecule has 0 saturated carbocycles. The van der Waals surface area contributed by atoms with Crippen LogP contribution in [0.4, 0.5) is 5.13 Å². The number of H-pyrrole nitrogens is 1. The summed E-state index contributed by atoms with van der Waals surface area (Å²) in [5, 5.41) is 6.77. The Balaban J connectivity index is 1.76. The fourth-order valence-electron chi connectivity index (χ4n) is 1.84. The van der Waals surface area contributed by atoms with E-state index in [1.54, 1.807) is 12.3 Å². The van der Waals surface area contributed by atoms with Gasteiger partial charge in [-0.25, -0.2) is 4.98 Å². The van der Waals surface area contributed by atoms with E-state index < -0.39 is 0 Å². The van der Waals surface area contributed by atoms with Gasteiger partial charge in [0.15, 0.2) is 5.13 Å². The number of rotatable bonds is 2. The molecule has 2 aromatic heterocycles. The molecule has 1 aliphatic heterocycles. The Hall–Kier alpha value is -1.18. The Kier molecular flexibility index (Phi) is 3.19. The number of fused-ring (bicyclic) bond motifs is 1. The van der Waals surface area contributed by atoms with Crippen LogP contribution in [0.15, 0.2) is 16.7 Å². The Morgan fingerprint density at radius 1 is 1.56 bits per heavy atom. The van der Waals surface area contributed by atoms with Gasteiger partial charge in [0.25, 0.3) is 5.91 Å². The predicted octanol–water partition coefficient (Wildman–Crippen LogP) is 2.13. The van der Waals surface area contributed by atoms with Crippen molar-refractivity contribution in [1.29, 1.82) is 0 Å². The molecular weight excluding hydrogens is 316 g/mol. The predicted molar refractivity (Wildman–Crippen MR) is 74.0 cm³/mol. The molecule has 0 saturated heterocycles. The number of amides is 1. The molecule has 1 amide bonds. The van der Waals surface area contributed by atoms with E-state index in [1.807, 2.05) is 0 Å². The van der Waals surface area contributed by atoms with Gasteiger partial charge in [0, 0.05) is 35.1 Å². The Labute approximate surface area is 116 Å². The van der Waals surface area contributed by atoms with Crippen LogP contribution in [0.2, 0.25) is 0 Å². The van der Waals surface area contributed by atoms with Crippen molar-refractivity contribution in [3.63, 3.8) is 0 Å². The second kappa shape index (κ2) is 4.83. The van der Waals surface area contributed by atoms with Crippen LogP contribution >= 0.6 is 27.3 Å². The lowest BCUT2D eigenvalue weighted by atomic mass is 10.2. The van der Waals surface area contributed by atoms with Crippen molar-refractivity contribution < 1.29 is 4.79 Å². The first-order valence-electron chi connectivity index (χ1n) is 5.57. The van der Waals surface area contributed by atoms with Crippen LogP contribution in [-0.4, -0.2) is 22.4 Å². The Morgan fingerprint density at radius 2 is 2.44 bits per heavy atom. The third kappa shape index (κ3) is 2.33. The van der Waals surface area contributed by atoms with Crippen LogP contribution < -0.4 is 10.6 Å². The quantitative estimate of drug-likeness (QED) is 0.791. The minimum Gasteiger partial charge on any atom is -0.356 e. The van der Waals surface area contributed by atoms with Crippen molar-refractivity contribution in [2.45, 2.75) is 13.0 Å². The standard InChI is InChI=1S/C11H11BrN4OS/c12-6-3-8(14-4-6)10(17)16-11-15-7-1-2-13-5-9(7)18-11/h3-4,13-14H,1-2,5H2,(H,15,16,17). The number of thiazole rings is 1. The molecule has 0 radical (unpaired) electrons. The van der Waals surface area contributed by atoms with Gasteiger partial charge in [-0.15, -0.1) is 11.3 Å². The number of hydrogen-bond donors (Lipinski definition) is 3. The van der Waals surface area contributed by atoms with Crippen LogP contribution in [0, 0.1) is 0 Å². The van der Waals surface area contributed by atoms with E-state index in [0.29, 0.717) is 10.8 Å². The third-order valence-corrected chi connectivity index (χ3v) is 4.19. The fraction of sp³-hybridized carbons (Fsp3) is 0.273. The number of nitrogens with zero attached hydrogens (tertiary/aromatic N) is 1. The van der Waals surface area contributed by atoms with Crippen molar-refractivity contribution in [3.05, 3.63) is 33.0 Å². The van der Waals surface area contributed by atoms with Gasteiger partial charge in [0.1, 0.15) is 5.69 Å². The second-order valence-corrected chi connectivity index (χ2v) is 6.00. The second-order valence-electron chi connectivity index (χ2n) is 4.00. The normalized spacial score (nSPS) is 14.3. The molecule has 0 spiro atoms. The van der Waals surface area contributed by atoms with Gasteiger partial charge in [-0.2, -0.15) is 0 Å². The molecule has 3 heterocycles. The topological polar surface area (TPSA) is 69.8 Å². The average Bonchev–Trinajstić information content (AvgIpc) is 2.94. The van der Waals surface area contributed by atoms with Gasteiger partial charge in [0.2, 0.25) is 0 Å². The van der Waals surface area contributed by atoms with Crippen molar-refractivity contribution in [2.75, 3.05) is 11.9 Å². The zero-order valence-electron chi connectivity index (χ0n) is 9.42. The summed E-state index contributed by atoms with van der Waals surface area (Å²) < 4.78 is 0.857. The first kappa shape index (κ1) is 11.9. The van der Waals surface area contributed by atoms with Gasteiger partial charge in [-0.3, -0.25) is 10.1 Å². The molecule has 3 N–H and O–H groups in total. The molecule has 1 aliphatic rings. The van der Waals surface area contributed by atoms with Crippen molar-refractivity contribution in [2.24, 2.45) is 0 Å². The molecule has 18 heavy (non-hydrogen) atoms. The van der Waals surface area contributed by atoms with Gasteiger partial charge >= 0.3 is 0 Å². The van der Waals surface area contributed by atoms with Crippen LogP contribution in [0.3, 0.4) is 0 Å². The number of aromatic nitrogens is 2. The van der Waals surface area contributed by atoms with Crippen molar-refractivity contribution >= 4 is 38.3 Å². The van der Waals surface area contributed by atoms with Crippen molar-refractivity contribution in [1.82, 2.24) is 15.3 Å². The summed E-state index contributed by atoms with van der Waals surface area (Å²) in [6.07, 6.45) is 2.65. The zero-order valence-corrected chi connectivity index (χ0v) is 11.8. The van der Waals surface area contributed by atoms with E-state index in [-0.39, 0.29) is 5.91 Å². The zero-order chi connectivity index (χ0) is 12.5. The number of carbonyl (C=O) groups excluding carboxylic acids is 1. The summed E-state index contributed by atoms with van der Waals surface area (Å²) >= 11 is 4.83. The molecule has 0 fully saturated rings. The Bertz CT molecular complexity index is 568. The van der Waals surface area contributed by atoms with Gasteiger partial charge in [-0.05, 0) is 22.0 Å². The molecule has 5 nitrogen and oxygen atoms in total. The number of anilines is 1. The minimum absolute atomic E-state index is 0.167. The molecule has 7 heteroatoms.